The molecule has 6 nitrogen and oxygen atoms in total. The molecule has 0 bridgehead atoms. The van der Waals surface area contributed by atoms with Crippen molar-refractivity contribution < 1.29 is 17.9 Å². The molecule has 0 radical (unpaired) electrons. The van der Waals surface area contributed by atoms with E-state index in [1.807, 2.05) is 13.2 Å². The molecule has 0 aliphatic heterocycles. The van der Waals surface area contributed by atoms with Crippen molar-refractivity contribution in [1.82, 2.24) is 9.03 Å². The number of carbonyl (C=O) groups excluding carboxylic acids is 1. The number of carbonyl (C=O) groups is 1. The SMILES string of the molecule is COC(=O)CCN(C)S(=O)(=O)NCCC(C)SC. The van der Waals surface area contributed by atoms with Gasteiger partial charge >= 0.3 is 5.97 Å². The van der Waals surface area contributed by atoms with E-state index in [0.29, 0.717) is 11.8 Å². The summed E-state index contributed by atoms with van der Waals surface area (Å²) in [6.07, 6.45) is 2.81. The number of thioether (sulfide) groups is 1. The summed E-state index contributed by atoms with van der Waals surface area (Å²) in [6, 6.07) is 0. The summed E-state index contributed by atoms with van der Waals surface area (Å²) in [5, 5.41) is 0.410. The lowest BCUT2D eigenvalue weighted by Gasteiger charge is -2.17. The highest BCUT2D eigenvalue weighted by molar-refractivity contribution is 7.99. The zero-order chi connectivity index (χ0) is 14.2. The van der Waals surface area contributed by atoms with Gasteiger partial charge in [-0.1, -0.05) is 6.92 Å². The van der Waals surface area contributed by atoms with Crippen LogP contribution in [-0.4, -0.2) is 57.4 Å². The van der Waals surface area contributed by atoms with Crippen LogP contribution in [0.15, 0.2) is 0 Å². The Kier molecular flexibility index (Phi) is 8.58. The standard InChI is InChI=1S/C10H22N2O4S2/c1-9(17-4)5-7-11-18(14,15)12(2)8-6-10(13)16-3/h9,11H,5-8H2,1-4H3. The van der Waals surface area contributed by atoms with E-state index in [0.717, 1.165) is 10.7 Å². The van der Waals surface area contributed by atoms with E-state index < -0.39 is 16.2 Å². The number of esters is 1. The second-order valence-corrected chi connectivity index (χ2v) is 7.02. The fraction of sp³-hybridized carbons (Fsp3) is 0.900. The summed E-state index contributed by atoms with van der Waals surface area (Å²) in [4.78, 5) is 10.9. The Bertz CT molecular complexity index is 346. The van der Waals surface area contributed by atoms with Crippen molar-refractivity contribution in [2.75, 3.05) is 33.5 Å². The van der Waals surface area contributed by atoms with Gasteiger partial charge in [0.15, 0.2) is 0 Å². The molecule has 0 aliphatic carbocycles. The summed E-state index contributed by atoms with van der Waals surface area (Å²) in [5.74, 6) is -0.423. The van der Waals surface area contributed by atoms with E-state index in [1.54, 1.807) is 11.8 Å². The third kappa shape index (κ3) is 7.20. The van der Waals surface area contributed by atoms with E-state index in [1.165, 1.54) is 14.2 Å². The molecular weight excluding hydrogens is 276 g/mol. The van der Waals surface area contributed by atoms with Gasteiger partial charge in [-0.25, -0.2) is 4.72 Å². The van der Waals surface area contributed by atoms with Crippen molar-refractivity contribution in [3.63, 3.8) is 0 Å². The number of methoxy groups -OCH3 is 1. The zero-order valence-electron chi connectivity index (χ0n) is 11.3. The zero-order valence-corrected chi connectivity index (χ0v) is 12.9. The van der Waals surface area contributed by atoms with Crippen LogP contribution in [-0.2, 0) is 19.7 Å². The Hall–Kier alpha value is -0.310. The first-order valence-electron chi connectivity index (χ1n) is 5.64. The van der Waals surface area contributed by atoms with E-state index in [-0.39, 0.29) is 13.0 Å². The average Bonchev–Trinajstić information content (AvgIpc) is 2.34. The second-order valence-electron chi connectivity index (χ2n) is 3.88. The fourth-order valence-electron chi connectivity index (χ4n) is 1.09. The lowest BCUT2D eigenvalue weighted by atomic mass is 10.3. The maximum Gasteiger partial charge on any atom is 0.306 e. The lowest BCUT2D eigenvalue weighted by Crippen LogP contribution is -2.40. The minimum absolute atomic E-state index is 0.0507. The van der Waals surface area contributed by atoms with E-state index in [4.69, 9.17) is 0 Å². The largest absolute Gasteiger partial charge is 0.469 e. The molecule has 0 aromatic carbocycles. The Labute approximate surface area is 114 Å². The number of hydrogen-bond donors (Lipinski definition) is 1. The predicted octanol–water partition coefficient (Wildman–Crippen LogP) is 0.457. The third-order valence-corrected chi connectivity index (χ3v) is 5.12. The van der Waals surface area contributed by atoms with Crippen molar-refractivity contribution in [3.05, 3.63) is 0 Å². The molecule has 0 aromatic heterocycles. The Morgan fingerprint density at radius 2 is 2.11 bits per heavy atom. The maximum absolute atomic E-state index is 11.8. The molecule has 1 N–H and O–H groups in total. The van der Waals surface area contributed by atoms with Gasteiger partial charge in [0.25, 0.3) is 10.2 Å². The molecule has 0 rings (SSSR count). The molecule has 108 valence electrons. The quantitative estimate of drug-likeness (QED) is 0.626. The van der Waals surface area contributed by atoms with Crippen molar-refractivity contribution in [2.45, 2.75) is 25.0 Å². The monoisotopic (exact) mass is 298 g/mol. The average molecular weight is 298 g/mol. The van der Waals surface area contributed by atoms with Crippen molar-refractivity contribution in [3.8, 4) is 0 Å². The number of ether oxygens (including phenoxy) is 1. The van der Waals surface area contributed by atoms with Gasteiger partial charge in [0, 0.05) is 25.4 Å². The highest BCUT2D eigenvalue weighted by Crippen LogP contribution is 2.08. The van der Waals surface area contributed by atoms with Gasteiger partial charge in [-0.05, 0) is 12.7 Å². The minimum Gasteiger partial charge on any atom is -0.469 e. The van der Waals surface area contributed by atoms with E-state index in [2.05, 4.69) is 9.46 Å². The van der Waals surface area contributed by atoms with Crippen LogP contribution in [0.4, 0.5) is 0 Å². The molecule has 1 unspecified atom stereocenters. The molecule has 0 saturated heterocycles. The molecular formula is C10H22N2O4S2. The minimum atomic E-state index is -3.50. The maximum atomic E-state index is 11.8. The predicted molar refractivity (Wildman–Crippen MR) is 73.8 cm³/mol. The summed E-state index contributed by atoms with van der Waals surface area (Å²) in [5.41, 5.74) is 0. The van der Waals surface area contributed by atoms with Crippen LogP contribution in [0, 0.1) is 0 Å². The van der Waals surface area contributed by atoms with Gasteiger partial charge < -0.3 is 4.74 Å². The van der Waals surface area contributed by atoms with E-state index >= 15 is 0 Å². The summed E-state index contributed by atoms with van der Waals surface area (Å²) >= 11 is 1.69. The van der Waals surface area contributed by atoms with Gasteiger partial charge in [0.05, 0.1) is 13.5 Å². The van der Waals surface area contributed by atoms with Crippen LogP contribution < -0.4 is 4.72 Å². The topological polar surface area (TPSA) is 75.7 Å². The van der Waals surface area contributed by atoms with Gasteiger partial charge in [-0.2, -0.15) is 24.5 Å². The molecule has 18 heavy (non-hydrogen) atoms. The fourth-order valence-corrected chi connectivity index (χ4v) is 2.37. The molecule has 1 atom stereocenters. The molecule has 0 amide bonds. The third-order valence-electron chi connectivity index (χ3n) is 2.51. The Morgan fingerprint density at radius 3 is 2.61 bits per heavy atom. The second kappa shape index (κ2) is 8.73. The summed E-state index contributed by atoms with van der Waals surface area (Å²) < 4.78 is 31.6. The number of rotatable bonds is 9. The summed E-state index contributed by atoms with van der Waals surface area (Å²) in [7, 11) is -0.791. The Balaban J connectivity index is 4.07. The molecule has 8 heteroatoms. The normalized spacial score (nSPS) is 13.6. The van der Waals surface area contributed by atoms with Gasteiger partial charge in [0.1, 0.15) is 0 Å². The smallest absolute Gasteiger partial charge is 0.306 e. The van der Waals surface area contributed by atoms with Crippen molar-refractivity contribution in [2.24, 2.45) is 0 Å². The first-order chi connectivity index (χ1) is 8.33. The first kappa shape index (κ1) is 17.7. The molecule has 0 heterocycles. The van der Waals surface area contributed by atoms with Crippen LogP contribution >= 0.6 is 11.8 Å². The van der Waals surface area contributed by atoms with Crippen LogP contribution in [0.1, 0.15) is 19.8 Å². The van der Waals surface area contributed by atoms with Crippen LogP contribution in [0.3, 0.4) is 0 Å². The highest BCUT2D eigenvalue weighted by Gasteiger charge is 2.18. The lowest BCUT2D eigenvalue weighted by molar-refractivity contribution is -0.140. The van der Waals surface area contributed by atoms with Gasteiger partial charge in [0.2, 0.25) is 0 Å². The molecule has 0 fully saturated rings. The molecule has 0 spiro atoms. The first-order valence-corrected chi connectivity index (χ1v) is 8.36. The molecule has 0 aliphatic rings. The molecule has 0 aromatic rings. The van der Waals surface area contributed by atoms with Gasteiger partial charge in [-0.15, -0.1) is 0 Å². The number of hydrogen-bond acceptors (Lipinski definition) is 5. The molecule has 0 saturated carbocycles. The van der Waals surface area contributed by atoms with Crippen LogP contribution in [0.25, 0.3) is 0 Å². The van der Waals surface area contributed by atoms with Gasteiger partial charge in [-0.3, -0.25) is 4.79 Å². The summed E-state index contributed by atoms with van der Waals surface area (Å²) in [6.45, 7) is 2.55. The van der Waals surface area contributed by atoms with E-state index in [9.17, 15) is 13.2 Å². The number of nitrogens with zero attached hydrogens (tertiary/aromatic N) is 1. The van der Waals surface area contributed by atoms with Crippen LogP contribution in [0.2, 0.25) is 0 Å². The van der Waals surface area contributed by atoms with Crippen molar-refractivity contribution >= 4 is 27.9 Å². The highest BCUT2D eigenvalue weighted by atomic mass is 32.2. The number of nitrogens with one attached hydrogen (secondary N) is 1. The van der Waals surface area contributed by atoms with Crippen LogP contribution in [0.5, 0.6) is 0 Å². The Morgan fingerprint density at radius 1 is 1.50 bits per heavy atom. The van der Waals surface area contributed by atoms with Crippen molar-refractivity contribution in [1.29, 1.82) is 0 Å².